The number of thiophene rings is 1. The second-order valence-electron chi connectivity index (χ2n) is 4.53. The maximum Gasteiger partial charge on any atom is 0.243 e. The van der Waals surface area contributed by atoms with Crippen LogP contribution in [0, 0.1) is 6.92 Å². The van der Waals surface area contributed by atoms with E-state index in [9.17, 15) is 8.42 Å². The van der Waals surface area contributed by atoms with Gasteiger partial charge in [0.2, 0.25) is 10.0 Å². The summed E-state index contributed by atoms with van der Waals surface area (Å²) in [5.41, 5.74) is 1.14. The van der Waals surface area contributed by atoms with Gasteiger partial charge in [-0.25, -0.2) is 12.7 Å². The van der Waals surface area contributed by atoms with Gasteiger partial charge < -0.3 is 0 Å². The SMILES string of the molecule is Cc1sc(Br)cc1S(=O)(=O)N(C)CCc1ccccc1. The van der Waals surface area contributed by atoms with Gasteiger partial charge in [-0.3, -0.25) is 0 Å². The van der Waals surface area contributed by atoms with Crippen LogP contribution in [0.15, 0.2) is 45.1 Å². The first-order valence-electron chi connectivity index (χ1n) is 6.17. The Morgan fingerprint density at radius 1 is 1.25 bits per heavy atom. The number of hydrogen-bond acceptors (Lipinski definition) is 3. The summed E-state index contributed by atoms with van der Waals surface area (Å²) in [7, 11) is -1.78. The summed E-state index contributed by atoms with van der Waals surface area (Å²) >= 11 is 4.77. The molecule has 0 aliphatic heterocycles. The molecule has 2 rings (SSSR count). The molecule has 0 amide bonds. The van der Waals surface area contributed by atoms with Crippen LogP contribution in [0.1, 0.15) is 10.4 Å². The van der Waals surface area contributed by atoms with Crippen LogP contribution in [-0.4, -0.2) is 26.3 Å². The van der Waals surface area contributed by atoms with Gasteiger partial charge in [-0.15, -0.1) is 11.3 Å². The van der Waals surface area contributed by atoms with E-state index in [4.69, 9.17) is 0 Å². The highest BCUT2D eigenvalue weighted by Crippen LogP contribution is 2.31. The van der Waals surface area contributed by atoms with Crippen LogP contribution in [0.4, 0.5) is 0 Å². The second kappa shape index (κ2) is 6.39. The molecule has 0 atom stereocenters. The lowest BCUT2D eigenvalue weighted by atomic mass is 10.2. The van der Waals surface area contributed by atoms with Crippen LogP contribution in [0.3, 0.4) is 0 Å². The van der Waals surface area contributed by atoms with Gasteiger partial charge in [-0.05, 0) is 40.9 Å². The zero-order chi connectivity index (χ0) is 14.8. The third-order valence-electron chi connectivity index (χ3n) is 3.09. The quantitative estimate of drug-likeness (QED) is 0.801. The van der Waals surface area contributed by atoms with E-state index in [1.807, 2.05) is 37.3 Å². The lowest BCUT2D eigenvalue weighted by Crippen LogP contribution is -2.29. The first-order valence-corrected chi connectivity index (χ1v) is 9.22. The fourth-order valence-electron chi connectivity index (χ4n) is 1.91. The van der Waals surface area contributed by atoms with Crippen molar-refractivity contribution in [2.75, 3.05) is 13.6 Å². The summed E-state index contributed by atoms with van der Waals surface area (Å²) in [5.74, 6) is 0. The smallest absolute Gasteiger partial charge is 0.207 e. The van der Waals surface area contributed by atoms with Gasteiger partial charge >= 0.3 is 0 Å². The minimum atomic E-state index is -3.41. The van der Waals surface area contributed by atoms with Crippen LogP contribution in [0.5, 0.6) is 0 Å². The number of benzene rings is 1. The van der Waals surface area contributed by atoms with Crippen molar-refractivity contribution >= 4 is 37.3 Å². The first kappa shape index (κ1) is 15.7. The zero-order valence-electron chi connectivity index (χ0n) is 11.3. The van der Waals surface area contributed by atoms with Crippen LogP contribution in [-0.2, 0) is 16.4 Å². The molecule has 0 spiro atoms. The molecule has 6 heteroatoms. The summed E-state index contributed by atoms with van der Waals surface area (Å²) in [6.45, 7) is 2.30. The van der Waals surface area contributed by atoms with Gasteiger partial charge in [0.25, 0.3) is 0 Å². The van der Waals surface area contributed by atoms with Crippen molar-refractivity contribution < 1.29 is 8.42 Å². The Balaban J connectivity index is 2.12. The van der Waals surface area contributed by atoms with Crippen molar-refractivity contribution in [3.63, 3.8) is 0 Å². The fourth-order valence-corrected chi connectivity index (χ4v) is 5.46. The van der Waals surface area contributed by atoms with E-state index >= 15 is 0 Å². The van der Waals surface area contributed by atoms with Crippen LogP contribution < -0.4 is 0 Å². The highest BCUT2D eigenvalue weighted by Gasteiger charge is 2.24. The van der Waals surface area contributed by atoms with E-state index in [0.717, 1.165) is 14.2 Å². The van der Waals surface area contributed by atoms with Gasteiger partial charge in [0, 0.05) is 18.5 Å². The summed E-state index contributed by atoms with van der Waals surface area (Å²) < 4.78 is 27.3. The van der Waals surface area contributed by atoms with E-state index in [1.165, 1.54) is 15.6 Å². The van der Waals surface area contributed by atoms with Crippen molar-refractivity contribution in [3.05, 3.63) is 50.6 Å². The Hall–Kier alpha value is -0.690. The molecule has 2 aromatic rings. The second-order valence-corrected chi connectivity index (χ2v) is 9.18. The maximum absolute atomic E-state index is 12.5. The Kier molecular flexibility index (Phi) is 5.01. The van der Waals surface area contributed by atoms with Crippen LogP contribution in [0.2, 0.25) is 0 Å². The van der Waals surface area contributed by atoms with Crippen molar-refractivity contribution in [2.45, 2.75) is 18.2 Å². The standard InChI is InChI=1S/C14H16BrNO2S2/c1-11-13(10-14(15)19-11)20(17,18)16(2)9-8-12-6-4-3-5-7-12/h3-7,10H,8-9H2,1-2H3. The largest absolute Gasteiger partial charge is 0.243 e. The molecule has 1 aromatic carbocycles. The molecule has 0 saturated carbocycles. The molecule has 0 N–H and O–H groups in total. The number of likely N-dealkylation sites (N-methyl/N-ethyl adjacent to an activating group) is 1. The minimum absolute atomic E-state index is 0.393. The number of rotatable bonds is 5. The predicted octanol–water partition coefficient (Wildman–Crippen LogP) is 3.68. The van der Waals surface area contributed by atoms with Crippen LogP contribution >= 0.6 is 27.3 Å². The van der Waals surface area contributed by atoms with Crippen molar-refractivity contribution in [1.29, 1.82) is 0 Å². The summed E-state index contributed by atoms with van der Waals surface area (Å²) in [6.07, 6.45) is 0.709. The molecule has 0 bridgehead atoms. The fraction of sp³-hybridized carbons (Fsp3) is 0.286. The summed E-state index contributed by atoms with van der Waals surface area (Å²) in [4.78, 5) is 1.20. The highest BCUT2D eigenvalue weighted by molar-refractivity contribution is 9.11. The average molecular weight is 374 g/mol. The lowest BCUT2D eigenvalue weighted by molar-refractivity contribution is 0.472. The van der Waals surface area contributed by atoms with E-state index in [1.54, 1.807) is 13.1 Å². The average Bonchev–Trinajstić information content (AvgIpc) is 2.77. The van der Waals surface area contributed by atoms with Gasteiger partial charge in [0.1, 0.15) is 0 Å². The molecular weight excluding hydrogens is 358 g/mol. The minimum Gasteiger partial charge on any atom is -0.207 e. The maximum atomic E-state index is 12.5. The van der Waals surface area contributed by atoms with Gasteiger partial charge in [-0.2, -0.15) is 0 Å². The molecule has 0 aliphatic rings. The highest BCUT2D eigenvalue weighted by atomic mass is 79.9. The molecule has 20 heavy (non-hydrogen) atoms. The lowest BCUT2D eigenvalue weighted by Gasteiger charge is -2.17. The molecule has 3 nitrogen and oxygen atoms in total. The Morgan fingerprint density at radius 2 is 1.90 bits per heavy atom. The molecule has 108 valence electrons. The number of hydrogen-bond donors (Lipinski definition) is 0. The summed E-state index contributed by atoms with van der Waals surface area (Å²) in [5, 5.41) is 0. The summed E-state index contributed by atoms with van der Waals surface area (Å²) in [6, 6.07) is 11.6. The van der Waals surface area contributed by atoms with Crippen molar-refractivity contribution in [2.24, 2.45) is 0 Å². The third-order valence-corrected chi connectivity index (χ3v) is 6.75. The molecule has 0 aliphatic carbocycles. The molecule has 0 unspecified atom stereocenters. The van der Waals surface area contributed by atoms with Crippen LogP contribution in [0.25, 0.3) is 0 Å². The Bertz CT molecular complexity index is 680. The molecular formula is C14H16BrNO2S2. The molecule has 0 saturated heterocycles. The topological polar surface area (TPSA) is 37.4 Å². The monoisotopic (exact) mass is 373 g/mol. The number of sulfonamides is 1. The van der Waals surface area contributed by atoms with E-state index in [-0.39, 0.29) is 0 Å². The Labute approximate surface area is 132 Å². The molecule has 1 heterocycles. The third kappa shape index (κ3) is 3.49. The molecule has 0 radical (unpaired) electrons. The normalized spacial score (nSPS) is 12.0. The predicted molar refractivity (Wildman–Crippen MR) is 86.7 cm³/mol. The van der Waals surface area contributed by atoms with Crippen molar-refractivity contribution in [1.82, 2.24) is 4.31 Å². The number of nitrogens with zero attached hydrogens (tertiary/aromatic N) is 1. The van der Waals surface area contributed by atoms with E-state index < -0.39 is 10.0 Å². The number of halogens is 1. The van der Waals surface area contributed by atoms with Gasteiger partial charge in [0.15, 0.2) is 0 Å². The van der Waals surface area contributed by atoms with E-state index in [0.29, 0.717) is 17.9 Å². The Morgan fingerprint density at radius 3 is 2.45 bits per heavy atom. The molecule has 1 aromatic heterocycles. The van der Waals surface area contributed by atoms with Gasteiger partial charge in [0.05, 0.1) is 8.68 Å². The van der Waals surface area contributed by atoms with Gasteiger partial charge in [-0.1, -0.05) is 30.3 Å². The van der Waals surface area contributed by atoms with E-state index in [2.05, 4.69) is 15.9 Å². The zero-order valence-corrected chi connectivity index (χ0v) is 14.6. The molecule has 0 fully saturated rings. The number of aryl methyl sites for hydroxylation is 1. The van der Waals surface area contributed by atoms with Crippen molar-refractivity contribution in [3.8, 4) is 0 Å². The first-order chi connectivity index (χ1) is 9.41.